The Kier molecular flexibility index (Phi) is 3.98. The molecule has 0 spiro atoms. The van der Waals surface area contributed by atoms with Gasteiger partial charge in [0.2, 0.25) is 0 Å². The molecule has 4 heteroatoms. The second kappa shape index (κ2) is 5.68. The fourth-order valence-corrected chi connectivity index (χ4v) is 2.19. The fraction of sp³-hybridized carbons (Fsp3) is 0.462. The maximum absolute atomic E-state index is 10.7. The van der Waals surface area contributed by atoms with Crippen LogP contribution in [0.4, 0.5) is 4.79 Å². The highest BCUT2D eigenvalue weighted by molar-refractivity contribution is 5.65. The van der Waals surface area contributed by atoms with Crippen LogP contribution in [0.25, 0.3) is 0 Å². The number of rotatable bonds is 4. The lowest BCUT2D eigenvalue weighted by Gasteiger charge is -2.13. The predicted molar refractivity (Wildman–Crippen MR) is 65.9 cm³/mol. The molecule has 2 rings (SSSR count). The summed E-state index contributed by atoms with van der Waals surface area (Å²) in [5, 5.41) is 12.2. The van der Waals surface area contributed by atoms with Crippen LogP contribution >= 0.6 is 0 Å². The summed E-state index contributed by atoms with van der Waals surface area (Å²) in [5.74, 6) is 0.454. The predicted octanol–water partition coefficient (Wildman–Crippen LogP) is 1.78. The standard InChI is InChI=1S/C13H18N2O2/c16-13(17)15-7-6-12(10-15)9-14-8-11-4-2-1-3-5-11/h1-5,12,14H,6-10H2,(H,16,17)/t12-/m0/s1. The SMILES string of the molecule is O=C(O)N1CC[C@@H](CNCc2ccccc2)C1. The molecular weight excluding hydrogens is 216 g/mol. The summed E-state index contributed by atoms with van der Waals surface area (Å²) in [5.41, 5.74) is 1.26. The Labute approximate surface area is 101 Å². The molecular formula is C13H18N2O2. The zero-order valence-corrected chi connectivity index (χ0v) is 9.80. The molecule has 1 aliphatic rings. The van der Waals surface area contributed by atoms with Crippen molar-refractivity contribution in [3.8, 4) is 0 Å². The van der Waals surface area contributed by atoms with E-state index in [1.54, 1.807) is 0 Å². The normalized spacial score (nSPS) is 19.5. The Hall–Kier alpha value is -1.55. The average molecular weight is 234 g/mol. The van der Waals surface area contributed by atoms with E-state index < -0.39 is 6.09 Å². The van der Waals surface area contributed by atoms with E-state index >= 15 is 0 Å². The van der Waals surface area contributed by atoms with Gasteiger partial charge in [-0.25, -0.2) is 4.79 Å². The number of likely N-dealkylation sites (tertiary alicyclic amines) is 1. The third-order valence-corrected chi connectivity index (χ3v) is 3.16. The number of amides is 1. The Morgan fingerprint density at radius 3 is 2.82 bits per heavy atom. The minimum absolute atomic E-state index is 0.454. The van der Waals surface area contributed by atoms with Crippen LogP contribution < -0.4 is 5.32 Å². The molecule has 1 aromatic carbocycles. The molecule has 0 aromatic heterocycles. The molecule has 0 saturated carbocycles. The molecule has 1 amide bonds. The summed E-state index contributed by atoms with van der Waals surface area (Å²) in [7, 11) is 0. The lowest BCUT2D eigenvalue weighted by Crippen LogP contribution is -2.29. The molecule has 0 bridgehead atoms. The van der Waals surface area contributed by atoms with Crippen molar-refractivity contribution >= 4 is 6.09 Å². The van der Waals surface area contributed by atoms with Crippen molar-refractivity contribution in [1.82, 2.24) is 10.2 Å². The molecule has 2 N–H and O–H groups in total. The van der Waals surface area contributed by atoms with Gasteiger partial charge in [0.25, 0.3) is 0 Å². The van der Waals surface area contributed by atoms with Gasteiger partial charge in [-0.05, 0) is 17.9 Å². The van der Waals surface area contributed by atoms with Crippen molar-refractivity contribution in [2.75, 3.05) is 19.6 Å². The molecule has 1 saturated heterocycles. The van der Waals surface area contributed by atoms with Gasteiger partial charge in [0, 0.05) is 26.2 Å². The van der Waals surface area contributed by atoms with E-state index in [9.17, 15) is 4.79 Å². The van der Waals surface area contributed by atoms with Crippen LogP contribution in [0.5, 0.6) is 0 Å². The Bertz CT molecular complexity index is 367. The molecule has 1 heterocycles. The first-order valence-corrected chi connectivity index (χ1v) is 5.98. The van der Waals surface area contributed by atoms with Crippen LogP contribution in [0.15, 0.2) is 30.3 Å². The van der Waals surface area contributed by atoms with Crippen LogP contribution in [0.2, 0.25) is 0 Å². The molecule has 0 unspecified atom stereocenters. The monoisotopic (exact) mass is 234 g/mol. The molecule has 92 valence electrons. The van der Waals surface area contributed by atoms with Gasteiger partial charge in [0.15, 0.2) is 0 Å². The van der Waals surface area contributed by atoms with Crippen molar-refractivity contribution in [3.05, 3.63) is 35.9 Å². The molecule has 0 radical (unpaired) electrons. The molecule has 1 aliphatic heterocycles. The Morgan fingerprint density at radius 1 is 1.41 bits per heavy atom. The number of hydrogen-bond donors (Lipinski definition) is 2. The summed E-state index contributed by atoms with van der Waals surface area (Å²) in [4.78, 5) is 12.2. The van der Waals surface area contributed by atoms with Gasteiger partial charge >= 0.3 is 6.09 Å². The minimum Gasteiger partial charge on any atom is -0.465 e. The van der Waals surface area contributed by atoms with E-state index in [0.29, 0.717) is 19.0 Å². The van der Waals surface area contributed by atoms with Crippen LogP contribution in [-0.4, -0.2) is 35.7 Å². The van der Waals surface area contributed by atoms with Gasteiger partial charge in [-0.15, -0.1) is 0 Å². The number of hydrogen-bond acceptors (Lipinski definition) is 2. The molecule has 0 aliphatic carbocycles. The molecule has 1 atom stereocenters. The summed E-state index contributed by atoms with van der Waals surface area (Å²) < 4.78 is 0. The highest BCUT2D eigenvalue weighted by Gasteiger charge is 2.25. The fourth-order valence-electron chi connectivity index (χ4n) is 2.19. The van der Waals surface area contributed by atoms with Gasteiger partial charge in [-0.2, -0.15) is 0 Å². The third-order valence-electron chi connectivity index (χ3n) is 3.16. The summed E-state index contributed by atoms with van der Waals surface area (Å²) in [6, 6.07) is 10.2. The first-order chi connectivity index (χ1) is 8.25. The van der Waals surface area contributed by atoms with E-state index in [1.807, 2.05) is 18.2 Å². The molecule has 1 aromatic rings. The van der Waals surface area contributed by atoms with E-state index in [-0.39, 0.29) is 0 Å². The van der Waals surface area contributed by atoms with Crippen LogP contribution in [0.3, 0.4) is 0 Å². The summed E-state index contributed by atoms with van der Waals surface area (Å²) in [6.07, 6.45) is 0.171. The number of carboxylic acid groups (broad SMARTS) is 1. The lowest BCUT2D eigenvalue weighted by molar-refractivity contribution is 0.154. The number of nitrogens with zero attached hydrogens (tertiary/aromatic N) is 1. The van der Waals surface area contributed by atoms with Gasteiger partial charge in [-0.3, -0.25) is 0 Å². The topological polar surface area (TPSA) is 52.6 Å². The first kappa shape index (κ1) is 11.9. The van der Waals surface area contributed by atoms with Gasteiger partial charge < -0.3 is 15.3 Å². The molecule has 17 heavy (non-hydrogen) atoms. The lowest BCUT2D eigenvalue weighted by atomic mass is 10.1. The van der Waals surface area contributed by atoms with Crippen LogP contribution in [0.1, 0.15) is 12.0 Å². The summed E-state index contributed by atoms with van der Waals surface area (Å²) in [6.45, 7) is 3.08. The maximum atomic E-state index is 10.7. The van der Waals surface area contributed by atoms with Crippen molar-refractivity contribution in [1.29, 1.82) is 0 Å². The zero-order chi connectivity index (χ0) is 12.1. The largest absolute Gasteiger partial charge is 0.465 e. The zero-order valence-electron chi connectivity index (χ0n) is 9.80. The Balaban J connectivity index is 1.68. The summed E-state index contributed by atoms with van der Waals surface area (Å²) >= 11 is 0. The smallest absolute Gasteiger partial charge is 0.407 e. The van der Waals surface area contributed by atoms with E-state index in [2.05, 4.69) is 17.4 Å². The van der Waals surface area contributed by atoms with E-state index in [1.165, 1.54) is 10.5 Å². The number of nitrogens with one attached hydrogen (secondary N) is 1. The van der Waals surface area contributed by atoms with E-state index in [4.69, 9.17) is 5.11 Å². The maximum Gasteiger partial charge on any atom is 0.407 e. The highest BCUT2D eigenvalue weighted by Crippen LogP contribution is 2.15. The van der Waals surface area contributed by atoms with Gasteiger partial charge in [0.1, 0.15) is 0 Å². The number of carbonyl (C=O) groups is 1. The molecule has 1 fully saturated rings. The van der Waals surface area contributed by atoms with Crippen molar-refractivity contribution < 1.29 is 9.90 Å². The average Bonchev–Trinajstić information content (AvgIpc) is 2.79. The van der Waals surface area contributed by atoms with Crippen LogP contribution in [0, 0.1) is 5.92 Å². The van der Waals surface area contributed by atoms with Crippen molar-refractivity contribution in [2.45, 2.75) is 13.0 Å². The quantitative estimate of drug-likeness (QED) is 0.835. The molecule has 4 nitrogen and oxygen atoms in total. The van der Waals surface area contributed by atoms with Crippen LogP contribution in [-0.2, 0) is 6.54 Å². The Morgan fingerprint density at radius 2 is 2.18 bits per heavy atom. The highest BCUT2D eigenvalue weighted by atomic mass is 16.4. The van der Waals surface area contributed by atoms with Crippen molar-refractivity contribution in [2.24, 2.45) is 5.92 Å². The van der Waals surface area contributed by atoms with E-state index in [0.717, 1.165) is 19.5 Å². The van der Waals surface area contributed by atoms with Gasteiger partial charge in [0.05, 0.1) is 0 Å². The first-order valence-electron chi connectivity index (χ1n) is 5.98. The van der Waals surface area contributed by atoms with Crippen molar-refractivity contribution in [3.63, 3.8) is 0 Å². The second-order valence-corrected chi connectivity index (χ2v) is 4.50. The van der Waals surface area contributed by atoms with Gasteiger partial charge in [-0.1, -0.05) is 30.3 Å². The number of benzene rings is 1. The third kappa shape index (κ3) is 3.46. The second-order valence-electron chi connectivity index (χ2n) is 4.50. The minimum atomic E-state index is -0.796.